The molecule has 2 amide bonds. The number of amides is 2. The van der Waals surface area contributed by atoms with Gasteiger partial charge in [0.25, 0.3) is 5.91 Å². The van der Waals surface area contributed by atoms with Crippen LogP contribution in [0.4, 0.5) is 0 Å². The topological polar surface area (TPSA) is 77.7 Å². The molecule has 1 aromatic heterocycles. The number of aromatic nitrogens is 1. The maximum Gasteiger partial charge on any atom is 0.254 e. The lowest BCUT2D eigenvalue weighted by Gasteiger charge is -2.41. The van der Waals surface area contributed by atoms with Crippen molar-refractivity contribution >= 4 is 22.7 Å². The van der Waals surface area contributed by atoms with Gasteiger partial charge in [-0.25, -0.2) is 0 Å². The molecule has 1 aliphatic rings. The van der Waals surface area contributed by atoms with Crippen molar-refractivity contribution in [2.45, 2.75) is 12.0 Å². The number of rotatable bonds is 8. The third-order valence-corrected chi connectivity index (χ3v) is 6.06. The standard InChI is InChI=1S/C25H30N4O3/c1-28(2)13-12-26-24(30)22-18-9-4-5-10-19(18)25(31)29(14-15-32-3)23(22)20-16-27-21-11-7-6-8-17(20)21/h4-11,16,22-23,27H,12-15H2,1-3H3,(H,26,30). The summed E-state index contributed by atoms with van der Waals surface area (Å²) in [6.07, 6.45) is 1.93. The van der Waals surface area contributed by atoms with Gasteiger partial charge in [0.15, 0.2) is 0 Å². The molecule has 3 aromatic rings. The SMILES string of the molecule is COCCN1C(=O)c2ccccc2C(C(=O)NCCN(C)C)C1c1c[nH]c2ccccc12. The van der Waals surface area contributed by atoms with Gasteiger partial charge in [-0.05, 0) is 31.8 Å². The summed E-state index contributed by atoms with van der Waals surface area (Å²) in [5.41, 5.74) is 3.26. The maximum absolute atomic E-state index is 13.6. The van der Waals surface area contributed by atoms with E-state index in [1.165, 1.54) is 0 Å². The molecule has 0 spiro atoms. The first-order valence-corrected chi connectivity index (χ1v) is 10.9. The van der Waals surface area contributed by atoms with Crippen LogP contribution in [0.5, 0.6) is 0 Å². The average Bonchev–Trinajstić information content (AvgIpc) is 3.22. The third-order valence-electron chi connectivity index (χ3n) is 6.06. The number of methoxy groups -OCH3 is 1. The van der Waals surface area contributed by atoms with Gasteiger partial charge in [0, 0.05) is 55.0 Å². The number of likely N-dealkylation sites (N-methyl/N-ethyl adjacent to an activating group) is 1. The van der Waals surface area contributed by atoms with Crippen molar-refractivity contribution in [2.24, 2.45) is 0 Å². The quantitative estimate of drug-likeness (QED) is 0.572. The fraction of sp³-hybridized carbons (Fsp3) is 0.360. The Hall–Kier alpha value is -3.16. The molecule has 7 nitrogen and oxygen atoms in total. The summed E-state index contributed by atoms with van der Waals surface area (Å²) in [5, 5.41) is 4.11. The summed E-state index contributed by atoms with van der Waals surface area (Å²) in [7, 11) is 5.57. The molecule has 0 bridgehead atoms. The number of aromatic amines is 1. The molecule has 0 aliphatic carbocycles. The summed E-state index contributed by atoms with van der Waals surface area (Å²) in [6, 6.07) is 15.0. The number of benzene rings is 2. The highest BCUT2D eigenvalue weighted by Crippen LogP contribution is 2.44. The number of nitrogens with zero attached hydrogens (tertiary/aromatic N) is 2. The van der Waals surface area contributed by atoms with E-state index in [1.54, 1.807) is 12.0 Å². The van der Waals surface area contributed by atoms with E-state index in [9.17, 15) is 9.59 Å². The maximum atomic E-state index is 13.6. The van der Waals surface area contributed by atoms with Crippen molar-refractivity contribution in [1.82, 2.24) is 20.1 Å². The van der Waals surface area contributed by atoms with Gasteiger partial charge in [-0.15, -0.1) is 0 Å². The van der Waals surface area contributed by atoms with E-state index >= 15 is 0 Å². The molecule has 32 heavy (non-hydrogen) atoms. The molecule has 2 heterocycles. The van der Waals surface area contributed by atoms with E-state index in [-0.39, 0.29) is 11.8 Å². The molecule has 0 saturated carbocycles. The molecule has 4 rings (SSSR count). The number of hydrogen-bond donors (Lipinski definition) is 2. The van der Waals surface area contributed by atoms with Crippen LogP contribution in [0.15, 0.2) is 54.7 Å². The summed E-state index contributed by atoms with van der Waals surface area (Å²) in [6.45, 7) is 2.07. The molecule has 2 atom stereocenters. The molecule has 7 heteroatoms. The van der Waals surface area contributed by atoms with E-state index in [2.05, 4.69) is 10.3 Å². The first kappa shape index (κ1) is 22.0. The highest BCUT2D eigenvalue weighted by Gasteiger charge is 2.44. The fourth-order valence-electron chi connectivity index (χ4n) is 4.51. The Labute approximate surface area is 188 Å². The first-order chi connectivity index (χ1) is 15.5. The smallest absolute Gasteiger partial charge is 0.254 e. The normalized spacial score (nSPS) is 18.2. The Morgan fingerprint density at radius 3 is 2.66 bits per heavy atom. The number of nitrogens with one attached hydrogen (secondary N) is 2. The van der Waals surface area contributed by atoms with Crippen molar-refractivity contribution in [2.75, 3.05) is 47.4 Å². The van der Waals surface area contributed by atoms with Gasteiger partial charge < -0.3 is 24.8 Å². The Morgan fingerprint density at radius 2 is 1.88 bits per heavy atom. The second-order valence-electron chi connectivity index (χ2n) is 8.39. The number of ether oxygens (including phenoxy) is 1. The number of para-hydroxylation sites is 1. The van der Waals surface area contributed by atoms with E-state index in [0.29, 0.717) is 25.3 Å². The summed E-state index contributed by atoms with van der Waals surface area (Å²) in [4.78, 5) is 34.3. The molecule has 168 valence electrons. The first-order valence-electron chi connectivity index (χ1n) is 10.9. The minimum Gasteiger partial charge on any atom is -0.383 e. The molecule has 1 aliphatic heterocycles. The largest absolute Gasteiger partial charge is 0.383 e. The molecule has 2 unspecified atom stereocenters. The van der Waals surface area contributed by atoms with Crippen LogP contribution in [0.25, 0.3) is 10.9 Å². The van der Waals surface area contributed by atoms with Crippen molar-refractivity contribution in [1.29, 1.82) is 0 Å². The number of fused-ring (bicyclic) bond motifs is 2. The zero-order chi connectivity index (χ0) is 22.7. The summed E-state index contributed by atoms with van der Waals surface area (Å²) in [5.74, 6) is -0.683. The predicted octanol–water partition coefficient (Wildman–Crippen LogP) is 2.77. The summed E-state index contributed by atoms with van der Waals surface area (Å²) >= 11 is 0. The minimum atomic E-state index is -0.526. The van der Waals surface area contributed by atoms with Crippen LogP contribution in [0.1, 0.15) is 33.4 Å². The lowest BCUT2D eigenvalue weighted by atomic mass is 9.79. The molecule has 2 aromatic carbocycles. The van der Waals surface area contributed by atoms with Gasteiger partial charge in [0.2, 0.25) is 5.91 Å². The van der Waals surface area contributed by atoms with Crippen molar-refractivity contribution in [3.05, 3.63) is 71.4 Å². The van der Waals surface area contributed by atoms with Crippen LogP contribution in [-0.2, 0) is 9.53 Å². The zero-order valence-electron chi connectivity index (χ0n) is 18.8. The van der Waals surface area contributed by atoms with E-state index in [0.717, 1.165) is 28.6 Å². The molecular formula is C25H30N4O3. The second kappa shape index (κ2) is 9.54. The van der Waals surface area contributed by atoms with Crippen LogP contribution >= 0.6 is 0 Å². The highest BCUT2D eigenvalue weighted by atomic mass is 16.5. The summed E-state index contributed by atoms with van der Waals surface area (Å²) < 4.78 is 5.31. The lowest BCUT2D eigenvalue weighted by Crippen LogP contribution is -2.49. The van der Waals surface area contributed by atoms with Crippen molar-refractivity contribution < 1.29 is 14.3 Å². The Balaban J connectivity index is 1.83. The van der Waals surface area contributed by atoms with Crippen LogP contribution in [0.3, 0.4) is 0 Å². The Bertz CT molecular complexity index is 1110. The van der Waals surface area contributed by atoms with Gasteiger partial charge in [-0.1, -0.05) is 36.4 Å². The third kappa shape index (κ3) is 4.13. The molecule has 0 fully saturated rings. The number of carbonyl (C=O) groups is 2. The number of hydrogen-bond acceptors (Lipinski definition) is 4. The van der Waals surface area contributed by atoms with Crippen LogP contribution in [0.2, 0.25) is 0 Å². The fourth-order valence-corrected chi connectivity index (χ4v) is 4.51. The monoisotopic (exact) mass is 434 g/mol. The minimum absolute atomic E-state index is 0.0785. The van der Waals surface area contributed by atoms with E-state index < -0.39 is 12.0 Å². The lowest BCUT2D eigenvalue weighted by molar-refractivity contribution is -0.124. The van der Waals surface area contributed by atoms with Crippen LogP contribution in [-0.4, -0.2) is 74.0 Å². The van der Waals surface area contributed by atoms with E-state index in [4.69, 9.17) is 4.74 Å². The Morgan fingerprint density at radius 1 is 1.12 bits per heavy atom. The van der Waals surface area contributed by atoms with Crippen molar-refractivity contribution in [3.8, 4) is 0 Å². The highest BCUT2D eigenvalue weighted by molar-refractivity contribution is 6.02. The van der Waals surface area contributed by atoms with Gasteiger partial charge in [-0.3, -0.25) is 9.59 Å². The van der Waals surface area contributed by atoms with Gasteiger partial charge in [0.05, 0.1) is 18.6 Å². The average molecular weight is 435 g/mol. The van der Waals surface area contributed by atoms with Crippen molar-refractivity contribution in [3.63, 3.8) is 0 Å². The zero-order valence-corrected chi connectivity index (χ0v) is 18.8. The second-order valence-corrected chi connectivity index (χ2v) is 8.39. The Kier molecular flexibility index (Phi) is 6.58. The molecule has 0 saturated heterocycles. The van der Waals surface area contributed by atoms with Crippen LogP contribution < -0.4 is 5.32 Å². The van der Waals surface area contributed by atoms with Gasteiger partial charge in [0.1, 0.15) is 0 Å². The molecule has 0 radical (unpaired) electrons. The molecule has 2 N–H and O–H groups in total. The molecular weight excluding hydrogens is 404 g/mol. The number of H-pyrrole nitrogens is 1. The van der Waals surface area contributed by atoms with E-state index in [1.807, 2.05) is 73.7 Å². The van der Waals surface area contributed by atoms with Crippen LogP contribution in [0, 0.1) is 0 Å². The van der Waals surface area contributed by atoms with Gasteiger partial charge >= 0.3 is 0 Å². The van der Waals surface area contributed by atoms with Gasteiger partial charge in [-0.2, -0.15) is 0 Å². The predicted molar refractivity (Wildman–Crippen MR) is 125 cm³/mol. The number of carbonyl (C=O) groups excluding carboxylic acids is 2.